The summed E-state index contributed by atoms with van der Waals surface area (Å²) in [6, 6.07) is 16.9. The first kappa shape index (κ1) is 20.9. The predicted molar refractivity (Wildman–Crippen MR) is 117 cm³/mol. The number of aromatic nitrogens is 2. The van der Waals surface area contributed by atoms with E-state index in [0.717, 1.165) is 11.3 Å². The molecule has 0 fully saturated rings. The van der Waals surface area contributed by atoms with Gasteiger partial charge in [0.05, 0.1) is 11.4 Å². The van der Waals surface area contributed by atoms with Gasteiger partial charge in [-0.3, -0.25) is 19.1 Å². The van der Waals surface area contributed by atoms with Gasteiger partial charge in [-0.15, -0.1) is 0 Å². The summed E-state index contributed by atoms with van der Waals surface area (Å²) in [5.74, 6) is -1.67. The molecule has 30 heavy (non-hydrogen) atoms. The van der Waals surface area contributed by atoms with Crippen LogP contribution in [0.3, 0.4) is 0 Å². The molecule has 3 rings (SSSR count). The Morgan fingerprint density at radius 3 is 2.27 bits per heavy atom. The van der Waals surface area contributed by atoms with Crippen LogP contribution in [-0.2, 0) is 16.6 Å². The van der Waals surface area contributed by atoms with Crippen molar-refractivity contribution < 1.29 is 9.59 Å². The lowest BCUT2D eigenvalue weighted by Gasteiger charge is -2.10. The van der Waals surface area contributed by atoms with Gasteiger partial charge in [-0.05, 0) is 37.6 Å². The van der Waals surface area contributed by atoms with Crippen molar-refractivity contribution in [2.24, 2.45) is 7.05 Å². The molecule has 1 heterocycles. The maximum Gasteiger partial charge on any atom is 0.313 e. The minimum Gasteiger partial charge on any atom is -0.383 e. The minimum atomic E-state index is -0.878. The third-order valence-corrected chi connectivity index (χ3v) is 4.87. The lowest BCUT2D eigenvalue weighted by Crippen LogP contribution is -2.38. The van der Waals surface area contributed by atoms with Crippen molar-refractivity contribution in [3.63, 3.8) is 0 Å². The fourth-order valence-electron chi connectivity index (χ4n) is 3.11. The standard InChI is InChI=1S/C22H25N5O3/c1-15-9-7-8-12-18(15)23-13-14-24-20(28)21(29)25-19-16(2)26(3)27(22(19)30)17-10-5-4-6-11-17/h4-12,23H,13-14H2,1-3H3,(H,24,28)(H,25,29). The number of hydrogen-bond donors (Lipinski definition) is 3. The van der Waals surface area contributed by atoms with Crippen molar-refractivity contribution in [2.45, 2.75) is 13.8 Å². The average Bonchev–Trinajstić information content (AvgIpc) is 2.96. The summed E-state index contributed by atoms with van der Waals surface area (Å²) >= 11 is 0. The quantitative estimate of drug-likeness (QED) is 0.430. The van der Waals surface area contributed by atoms with Crippen LogP contribution in [0, 0.1) is 13.8 Å². The van der Waals surface area contributed by atoms with Gasteiger partial charge in [-0.1, -0.05) is 36.4 Å². The van der Waals surface area contributed by atoms with E-state index in [0.29, 0.717) is 17.9 Å². The van der Waals surface area contributed by atoms with Gasteiger partial charge in [0.15, 0.2) is 0 Å². The first-order valence-corrected chi connectivity index (χ1v) is 9.63. The Morgan fingerprint density at radius 1 is 0.900 bits per heavy atom. The lowest BCUT2D eigenvalue weighted by atomic mass is 10.2. The van der Waals surface area contributed by atoms with Gasteiger partial charge in [0.1, 0.15) is 5.69 Å². The van der Waals surface area contributed by atoms with E-state index < -0.39 is 17.4 Å². The van der Waals surface area contributed by atoms with Crippen molar-refractivity contribution >= 4 is 23.2 Å². The second-order valence-electron chi connectivity index (χ2n) is 6.89. The first-order chi connectivity index (χ1) is 14.4. The molecule has 0 saturated carbocycles. The highest BCUT2D eigenvalue weighted by atomic mass is 16.2. The van der Waals surface area contributed by atoms with Crippen LogP contribution in [0.2, 0.25) is 0 Å². The molecule has 2 amide bonds. The van der Waals surface area contributed by atoms with Crippen LogP contribution in [0.1, 0.15) is 11.3 Å². The molecule has 8 nitrogen and oxygen atoms in total. The van der Waals surface area contributed by atoms with Crippen LogP contribution < -0.4 is 21.5 Å². The Morgan fingerprint density at radius 2 is 1.57 bits per heavy atom. The number of aryl methyl sites for hydroxylation is 1. The van der Waals surface area contributed by atoms with Gasteiger partial charge in [0, 0.05) is 25.8 Å². The molecule has 8 heteroatoms. The number of hydrogen-bond acceptors (Lipinski definition) is 4. The van der Waals surface area contributed by atoms with E-state index in [2.05, 4.69) is 16.0 Å². The molecule has 1 aromatic heterocycles. The van der Waals surface area contributed by atoms with Gasteiger partial charge in [-0.25, -0.2) is 4.68 Å². The Bertz CT molecular complexity index is 1120. The molecular weight excluding hydrogens is 382 g/mol. The van der Waals surface area contributed by atoms with Gasteiger partial charge >= 0.3 is 11.8 Å². The highest BCUT2D eigenvalue weighted by molar-refractivity contribution is 6.39. The summed E-state index contributed by atoms with van der Waals surface area (Å²) in [7, 11) is 1.72. The van der Waals surface area contributed by atoms with Gasteiger partial charge in [0.25, 0.3) is 5.56 Å². The van der Waals surface area contributed by atoms with E-state index in [1.54, 1.807) is 30.8 Å². The third-order valence-electron chi connectivity index (χ3n) is 4.87. The molecule has 156 valence electrons. The highest BCUT2D eigenvalue weighted by Gasteiger charge is 2.21. The number of carbonyl (C=O) groups is 2. The second kappa shape index (κ2) is 9.13. The molecule has 0 unspecified atom stereocenters. The third kappa shape index (κ3) is 4.43. The van der Waals surface area contributed by atoms with Gasteiger partial charge < -0.3 is 16.0 Å². The van der Waals surface area contributed by atoms with Crippen LogP contribution in [0.25, 0.3) is 5.69 Å². The summed E-state index contributed by atoms with van der Waals surface area (Å²) in [6.07, 6.45) is 0. The van der Waals surface area contributed by atoms with E-state index in [4.69, 9.17) is 0 Å². The van der Waals surface area contributed by atoms with E-state index in [-0.39, 0.29) is 12.2 Å². The number of nitrogens with one attached hydrogen (secondary N) is 3. The number of carbonyl (C=O) groups excluding carboxylic acids is 2. The zero-order valence-electron chi connectivity index (χ0n) is 17.2. The van der Waals surface area contributed by atoms with E-state index in [1.807, 2.05) is 49.4 Å². The number of nitrogens with zero attached hydrogens (tertiary/aromatic N) is 2. The summed E-state index contributed by atoms with van der Waals surface area (Å²) in [4.78, 5) is 37.2. The number of benzene rings is 2. The molecule has 0 aliphatic carbocycles. The summed E-state index contributed by atoms with van der Waals surface area (Å²) in [6.45, 7) is 4.43. The normalized spacial score (nSPS) is 10.5. The van der Waals surface area contributed by atoms with Crippen molar-refractivity contribution in [1.29, 1.82) is 0 Å². The molecule has 0 aliphatic rings. The zero-order valence-corrected chi connectivity index (χ0v) is 17.2. The Kier molecular flexibility index (Phi) is 6.36. The van der Waals surface area contributed by atoms with Crippen LogP contribution >= 0.6 is 0 Å². The molecule has 2 aromatic carbocycles. The number of rotatable bonds is 6. The molecule has 0 bridgehead atoms. The fourth-order valence-corrected chi connectivity index (χ4v) is 3.11. The second-order valence-corrected chi connectivity index (χ2v) is 6.89. The smallest absolute Gasteiger partial charge is 0.313 e. The fraction of sp³-hybridized carbons (Fsp3) is 0.227. The van der Waals surface area contributed by atoms with E-state index in [1.165, 1.54) is 4.68 Å². The predicted octanol–water partition coefficient (Wildman–Crippen LogP) is 1.96. The zero-order chi connectivity index (χ0) is 21.7. The number of para-hydroxylation sites is 2. The van der Waals surface area contributed by atoms with Crippen molar-refractivity contribution in [1.82, 2.24) is 14.7 Å². The molecule has 0 radical (unpaired) electrons. The first-order valence-electron chi connectivity index (χ1n) is 9.63. The monoisotopic (exact) mass is 407 g/mol. The van der Waals surface area contributed by atoms with Crippen LogP contribution in [0.5, 0.6) is 0 Å². The molecule has 3 N–H and O–H groups in total. The topological polar surface area (TPSA) is 97.2 Å². The number of anilines is 2. The van der Waals surface area contributed by atoms with Crippen LogP contribution in [0.15, 0.2) is 59.4 Å². The molecule has 0 saturated heterocycles. The highest BCUT2D eigenvalue weighted by Crippen LogP contribution is 2.14. The Balaban J connectivity index is 1.61. The molecule has 0 atom stereocenters. The average molecular weight is 407 g/mol. The maximum atomic E-state index is 12.8. The lowest BCUT2D eigenvalue weighted by molar-refractivity contribution is -0.136. The summed E-state index contributed by atoms with van der Waals surface area (Å²) in [5.41, 5.74) is 2.96. The largest absolute Gasteiger partial charge is 0.383 e. The number of amides is 2. The van der Waals surface area contributed by atoms with E-state index in [9.17, 15) is 14.4 Å². The molecular formula is C22H25N5O3. The Hall–Kier alpha value is -3.81. The van der Waals surface area contributed by atoms with Crippen molar-refractivity contribution in [2.75, 3.05) is 23.7 Å². The minimum absolute atomic E-state index is 0.0829. The molecule has 3 aromatic rings. The maximum absolute atomic E-state index is 12.8. The van der Waals surface area contributed by atoms with Crippen molar-refractivity contribution in [3.05, 3.63) is 76.2 Å². The Labute approximate surface area is 174 Å². The van der Waals surface area contributed by atoms with Crippen LogP contribution in [-0.4, -0.2) is 34.3 Å². The molecule has 0 aliphatic heterocycles. The van der Waals surface area contributed by atoms with Crippen LogP contribution in [0.4, 0.5) is 11.4 Å². The van der Waals surface area contributed by atoms with Crippen molar-refractivity contribution in [3.8, 4) is 5.69 Å². The van der Waals surface area contributed by atoms with E-state index >= 15 is 0 Å². The van der Waals surface area contributed by atoms with Gasteiger partial charge in [-0.2, -0.15) is 0 Å². The van der Waals surface area contributed by atoms with Gasteiger partial charge in [0.2, 0.25) is 0 Å². The summed E-state index contributed by atoms with van der Waals surface area (Å²) < 4.78 is 3.08. The SMILES string of the molecule is Cc1ccccc1NCCNC(=O)C(=O)Nc1c(C)n(C)n(-c2ccccc2)c1=O. The molecule has 0 spiro atoms. The summed E-state index contributed by atoms with van der Waals surface area (Å²) in [5, 5.41) is 8.21.